The molecule has 18 heavy (non-hydrogen) atoms. The molecular weight excluding hydrogens is 252 g/mol. The quantitative estimate of drug-likeness (QED) is 0.917. The number of halogens is 1. The molecule has 0 aliphatic carbocycles. The smallest absolute Gasteiger partial charge is 0.336 e. The van der Waals surface area contributed by atoms with Crippen molar-refractivity contribution < 1.29 is 14.6 Å². The van der Waals surface area contributed by atoms with Crippen LogP contribution in [-0.4, -0.2) is 18.2 Å². The Bertz CT molecular complexity index is 576. The van der Waals surface area contributed by atoms with Gasteiger partial charge >= 0.3 is 5.97 Å². The molecule has 0 aliphatic rings. The summed E-state index contributed by atoms with van der Waals surface area (Å²) in [5.74, 6) is -0.270. The predicted octanol–water partition coefficient (Wildman–Crippen LogP) is 3.71. The van der Waals surface area contributed by atoms with Crippen LogP contribution in [0.3, 0.4) is 0 Å². The molecule has 0 unspecified atom stereocenters. The summed E-state index contributed by atoms with van der Waals surface area (Å²) >= 11 is 5.81. The number of hydrogen-bond acceptors (Lipinski definition) is 2. The van der Waals surface area contributed by atoms with Crippen LogP contribution in [0.5, 0.6) is 5.75 Å². The Morgan fingerprint density at radius 2 is 1.83 bits per heavy atom. The summed E-state index contributed by atoms with van der Waals surface area (Å²) in [4.78, 5) is 11.2. The maximum Gasteiger partial charge on any atom is 0.336 e. The van der Waals surface area contributed by atoms with Crippen molar-refractivity contribution >= 4 is 17.6 Å². The largest absolute Gasteiger partial charge is 0.497 e. The van der Waals surface area contributed by atoms with E-state index in [2.05, 4.69) is 0 Å². The fourth-order valence-electron chi connectivity index (χ4n) is 1.72. The zero-order valence-corrected chi connectivity index (χ0v) is 10.4. The molecule has 0 aliphatic heterocycles. The van der Waals surface area contributed by atoms with Crippen LogP contribution in [0.25, 0.3) is 11.1 Å². The van der Waals surface area contributed by atoms with Gasteiger partial charge in [0.05, 0.1) is 12.7 Å². The first-order valence-corrected chi connectivity index (χ1v) is 5.67. The van der Waals surface area contributed by atoms with Gasteiger partial charge in [0.15, 0.2) is 0 Å². The second kappa shape index (κ2) is 5.10. The molecule has 0 spiro atoms. The van der Waals surface area contributed by atoms with Crippen LogP contribution in [0.2, 0.25) is 5.02 Å². The van der Waals surface area contributed by atoms with Crippen molar-refractivity contribution in [3.05, 3.63) is 53.1 Å². The molecule has 0 atom stereocenters. The van der Waals surface area contributed by atoms with Crippen LogP contribution < -0.4 is 4.74 Å². The highest BCUT2D eigenvalue weighted by Gasteiger charge is 2.12. The zero-order valence-electron chi connectivity index (χ0n) is 9.68. The van der Waals surface area contributed by atoms with E-state index >= 15 is 0 Å². The van der Waals surface area contributed by atoms with Crippen LogP contribution in [-0.2, 0) is 0 Å². The Morgan fingerprint density at radius 3 is 2.39 bits per heavy atom. The lowest BCUT2D eigenvalue weighted by molar-refractivity contribution is 0.0697. The van der Waals surface area contributed by atoms with Crippen molar-refractivity contribution in [2.45, 2.75) is 0 Å². The highest BCUT2D eigenvalue weighted by molar-refractivity contribution is 6.31. The average Bonchev–Trinajstić information content (AvgIpc) is 2.39. The van der Waals surface area contributed by atoms with Gasteiger partial charge in [0.1, 0.15) is 5.75 Å². The zero-order chi connectivity index (χ0) is 13.1. The topological polar surface area (TPSA) is 46.5 Å². The van der Waals surface area contributed by atoms with Gasteiger partial charge in [-0.2, -0.15) is 0 Å². The molecular formula is C14H11ClO3. The Labute approximate surface area is 110 Å². The minimum atomic E-state index is -0.997. The second-order valence-electron chi connectivity index (χ2n) is 3.72. The van der Waals surface area contributed by atoms with Crippen LogP contribution >= 0.6 is 11.6 Å². The first-order chi connectivity index (χ1) is 8.61. The van der Waals surface area contributed by atoms with Gasteiger partial charge in [0.25, 0.3) is 0 Å². The lowest BCUT2D eigenvalue weighted by Gasteiger charge is -2.07. The number of carboxylic acid groups (broad SMARTS) is 1. The standard InChI is InChI=1S/C14H11ClO3/c1-18-11-5-2-9(3-6-11)12-7-4-10(15)8-13(12)14(16)17/h2-8H,1H3,(H,16,17). The Hall–Kier alpha value is -2.00. The molecule has 0 fully saturated rings. The van der Waals surface area contributed by atoms with Crippen molar-refractivity contribution in [1.29, 1.82) is 0 Å². The SMILES string of the molecule is COc1ccc(-c2ccc(Cl)cc2C(=O)O)cc1. The van der Waals surface area contributed by atoms with Crippen LogP contribution in [0, 0.1) is 0 Å². The Balaban J connectivity index is 2.52. The van der Waals surface area contributed by atoms with Gasteiger partial charge in [-0.05, 0) is 35.4 Å². The molecule has 92 valence electrons. The van der Waals surface area contributed by atoms with Gasteiger partial charge in [0.2, 0.25) is 0 Å². The van der Waals surface area contributed by atoms with Crippen LogP contribution in [0.4, 0.5) is 0 Å². The molecule has 2 rings (SSSR count). The van der Waals surface area contributed by atoms with Gasteiger partial charge in [-0.1, -0.05) is 29.8 Å². The molecule has 0 heterocycles. The van der Waals surface area contributed by atoms with Gasteiger partial charge in [-0.3, -0.25) is 0 Å². The van der Waals surface area contributed by atoms with Crippen molar-refractivity contribution in [3.8, 4) is 16.9 Å². The third-order valence-electron chi connectivity index (χ3n) is 2.61. The number of hydrogen-bond donors (Lipinski definition) is 1. The third-order valence-corrected chi connectivity index (χ3v) is 2.85. The highest BCUT2D eigenvalue weighted by Crippen LogP contribution is 2.28. The fraction of sp³-hybridized carbons (Fsp3) is 0.0714. The van der Waals surface area contributed by atoms with Crippen molar-refractivity contribution in [1.82, 2.24) is 0 Å². The summed E-state index contributed by atoms with van der Waals surface area (Å²) < 4.78 is 5.06. The number of methoxy groups -OCH3 is 1. The van der Waals surface area contributed by atoms with E-state index in [1.54, 1.807) is 31.4 Å². The predicted molar refractivity (Wildman–Crippen MR) is 70.4 cm³/mol. The van der Waals surface area contributed by atoms with Crippen molar-refractivity contribution in [2.75, 3.05) is 7.11 Å². The summed E-state index contributed by atoms with van der Waals surface area (Å²) in [5.41, 5.74) is 1.63. The van der Waals surface area contributed by atoms with E-state index in [1.165, 1.54) is 6.07 Å². The molecule has 0 radical (unpaired) electrons. The van der Waals surface area contributed by atoms with E-state index in [-0.39, 0.29) is 5.56 Å². The normalized spacial score (nSPS) is 10.1. The molecule has 2 aromatic carbocycles. The van der Waals surface area contributed by atoms with Gasteiger partial charge in [0, 0.05) is 5.02 Å². The lowest BCUT2D eigenvalue weighted by Crippen LogP contribution is -1.99. The van der Waals surface area contributed by atoms with E-state index in [1.807, 2.05) is 12.1 Å². The number of benzene rings is 2. The lowest BCUT2D eigenvalue weighted by atomic mass is 10.00. The minimum Gasteiger partial charge on any atom is -0.497 e. The maximum atomic E-state index is 11.2. The summed E-state index contributed by atoms with van der Waals surface area (Å²) in [5, 5.41) is 9.58. The number of carboxylic acids is 1. The molecule has 0 bridgehead atoms. The average molecular weight is 263 g/mol. The van der Waals surface area contributed by atoms with E-state index in [4.69, 9.17) is 21.4 Å². The van der Waals surface area contributed by atoms with Crippen LogP contribution in [0.1, 0.15) is 10.4 Å². The van der Waals surface area contributed by atoms with Crippen molar-refractivity contribution in [2.24, 2.45) is 0 Å². The van der Waals surface area contributed by atoms with E-state index in [0.717, 1.165) is 11.3 Å². The maximum absolute atomic E-state index is 11.2. The number of rotatable bonds is 3. The van der Waals surface area contributed by atoms with Gasteiger partial charge in [-0.15, -0.1) is 0 Å². The molecule has 4 heteroatoms. The molecule has 2 aromatic rings. The van der Waals surface area contributed by atoms with Crippen molar-refractivity contribution in [3.63, 3.8) is 0 Å². The fourth-order valence-corrected chi connectivity index (χ4v) is 1.89. The first-order valence-electron chi connectivity index (χ1n) is 5.29. The van der Waals surface area contributed by atoms with E-state index in [0.29, 0.717) is 10.6 Å². The summed E-state index contributed by atoms with van der Waals surface area (Å²) in [6, 6.07) is 12.0. The molecule has 0 saturated heterocycles. The Kier molecular flexibility index (Phi) is 3.53. The Morgan fingerprint density at radius 1 is 1.17 bits per heavy atom. The summed E-state index contributed by atoms with van der Waals surface area (Å²) in [6.45, 7) is 0. The van der Waals surface area contributed by atoms with Gasteiger partial charge < -0.3 is 9.84 Å². The molecule has 0 amide bonds. The van der Waals surface area contributed by atoms with Crippen LogP contribution in [0.15, 0.2) is 42.5 Å². The summed E-state index contributed by atoms with van der Waals surface area (Å²) in [6.07, 6.45) is 0. The van der Waals surface area contributed by atoms with E-state index < -0.39 is 5.97 Å². The monoisotopic (exact) mass is 262 g/mol. The minimum absolute atomic E-state index is 0.188. The number of ether oxygens (including phenoxy) is 1. The number of carbonyl (C=O) groups is 1. The second-order valence-corrected chi connectivity index (χ2v) is 4.16. The molecule has 0 saturated carbocycles. The number of aromatic carboxylic acids is 1. The van der Waals surface area contributed by atoms with E-state index in [9.17, 15) is 4.79 Å². The summed E-state index contributed by atoms with van der Waals surface area (Å²) in [7, 11) is 1.58. The molecule has 0 aromatic heterocycles. The third kappa shape index (κ3) is 2.46. The van der Waals surface area contributed by atoms with Gasteiger partial charge in [-0.25, -0.2) is 4.79 Å². The molecule has 3 nitrogen and oxygen atoms in total. The molecule has 1 N–H and O–H groups in total. The first kappa shape index (κ1) is 12.5. The highest BCUT2D eigenvalue weighted by atomic mass is 35.5.